The topological polar surface area (TPSA) is 72.6 Å². The van der Waals surface area contributed by atoms with E-state index in [-0.39, 0.29) is 30.2 Å². The number of hydrogen-bond donors (Lipinski definition) is 1. The van der Waals surface area contributed by atoms with Gasteiger partial charge in [0, 0.05) is 11.7 Å². The van der Waals surface area contributed by atoms with Crippen LogP contribution in [0.5, 0.6) is 5.75 Å². The molecule has 1 aliphatic heterocycles. The molecule has 130 valence electrons. The Hall–Kier alpha value is -2.82. The average Bonchev–Trinajstić information content (AvgIpc) is 2.60. The highest BCUT2D eigenvalue weighted by Crippen LogP contribution is 2.38. The Morgan fingerprint density at radius 2 is 1.96 bits per heavy atom. The van der Waals surface area contributed by atoms with E-state index in [1.165, 1.54) is 0 Å². The van der Waals surface area contributed by atoms with Crippen molar-refractivity contribution in [1.29, 1.82) is 0 Å². The molecule has 1 heterocycles. The van der Waals surface area contributed by atoms with E-state index >= 15 is 0 Å². The van der Waals surface area contributed by atoms with Crippen molar-refractivity contribution in [2.45, 2.75) is 31.7 Å². The van der Waals surface area contributed by atoms with Crippen LogP contribution in [-0.4, -0.2) is 25.0 Å². The van der Waals surface area contributed by atoms with Gasteiger partial charge < -0.3 is 15.4 Å². The number of amides is 2. The summed E-state index contributed by atoms with van der Waals surface area (Å²) in [6.45, 7) is 1.95. The Bertz CT molecular complexity index is 803. The number of hydrogen-bond acceptors (Lipinski definition) is 3. The van der Waals surface area contributed by atoms with Gasteiger partial charge in [-0.1, -0.05) is 30.3 Å². The molecule has 5 nitrogen and oxygen atoms in total. The monoisotopic (exact) mass is 338 g/mol. The molecule has 0 fully saturated rings. The molecule has 1 aliphatic rings. The number of primary amides is 1. The zero-order valence-electron chi connectivity index (χ0n) is 14.4. The molecule has 0 saturated heterocycles. The minimum Gasteiger partial charge on any atom is -0.497 e. The molecule has 2 atom stereocenters. The van der Waals surface area contributed by atoms with Crippen LogP contribution in [0.25, 0.3) is 0 Å². The summed E-state index contributed by atoms with van der Waals surface area (Å²) in [5.41, 5.74) is 8.06. The molecule has 0 saturated carbocycles. The van der Waals surface area contributed by atoms with E-state index in [1.807, 2.05) is 55.5 Å². The number of nitrogens with zero attached hydrogens (tertiary/aromatic N) is 1. The van der Waals surface area contributed by atoms with Crippen molar-refractivity contribution in [2.24, 2.45) is 5.73 Å². The van der Waals surface area contributed by atoms with E-state index < -0.39 is 0 Å². The highest BCUT2D eigenvalue weighted by molar-refractivity contribution is 5.98. The molecular formula is C20H22N2O3. The summed E-state index contributed by atoms with van der Waals surface area (Å²) in [6.07, 6.45) is 0.813. The van der Waals surface area contributed by atoms with Crippen LogP contribution in [0.15, 0.2) is 48.5 Å². The van der Waals surface area contributed by atoms with Gasteiger partial charge in [-0.2, -0.15) is 0 Å². The zero-order valence-corrected chi connectivity index (χ0v) is 14.4. The molecule has 2 amide bonds. The molecule has 0 spiro atoms. The molecule has 3 rings (SSSR count). The van der Waals surface area contributed by atoms with Gasteiger partial charge in [0.1, 0.15) is 5.75 Å². The number of anilines is 1. The standard InChI is InChI=1S/C20H22N2O3/c1-13-10-17(20(21)24)16-8-3-4-9-18(16)22(13)19(23)12-14-6-5-7-15(11-14)25-2/h3-9,11,13,17H,10,12H2,1-2H3,(H2,21,24). The third-order valence-electron chi connectivity index (χ3n) is 4.69. The van der Waals surface area contributed by atoms with Crippen LogP contribution in [0.3, 0.4) is 0 Å². The smallest absolute Gasteiger partial charge is 0.231 e. The highest BCUT2D eigenvalue weighted by atomic mass is 16.5. The lowest BCUT2D eigenvalue weighted by Gasteiger charge is -2.38. The summed E-state index contributed by atoms with van der Waals surface area (Å²) in [7, 11) is 1.61. The van der Waals surface area contributed by atoms with E-state index in [9.17, 15) is 9.59 Å². The van der Waals surface area contributed by atoms with E-state index in [2.05, 4.69) is 0 Å². The molecule has 0 aromatic heterocycles. The summed E-state index contributed by atoms with van der Waals surface area (Å²) < 4.78 is 5.22. The van der Waals surface area contributed by atoms with Crippen molar-refractivity contribution in [3.63, 3.8) is 0 Å². The Labute approximate surface area is 147 Å². The van der Waals surface area contributed by atoms with E-state index in [0.717, 1.165) is 22.6 Å². The maximum atomic E-state index is 13.0. The Morgan fingerprint density at radius 1 is 1.20 bits per heavy atom. The van der Waals surface area contributed by atoms with Crippen LogP contribution in [0.4, 0.5) is 5.69 Å². The van der Waals surface area contributed by atoms with Crippen molar-refractivity contribution in [3.8, 4) is 5.75 Å². The van der Waals surface area contributed by atoms with Crippen molar-refractivity contribution in [3.05, 3.63) is 59.7 Å². The molecule has 0 bridgehead atoms. The first-order valence-electron chi connectivity index (χ1n) is 8.34. The second-order valence-corrected chi connectivity index (χ2v) is 6.39. The quantitative estimate of drug-likeness (QED) is 0.931. The number of nitrogens with two attached hydrogens (primary N) is 1. The number of para-hydroxylation sites is 1. The molecule has 0 radical (unpaired) electrons. The fraction of sp³-hybridized carbons (Fsp3) is 0.300. The van der Waals surface area contributed by atoms with Crippen LogP contribution >= 0.6 is 0 Å². The van der Waals surface area contributed by atoms with Crippen LogP contribution < -0.4 is 15.4 Å². The van der Waals surface area contributed by atoms with Crippen molar-refractivity contribution in [1.82, 2.24) is 0 Å². The summed E-state index contributed by atoms with van der Waals surface area (Å²) in [6, 6.07) is 14.9. The summed E-state index contributed by atoms with van der Waals surface area (Å²) >= 11 is 0. The number of fused-ring (bicyclic) bond motifs is 1. The number of benzene rings is 2. The van der Waals surface area contributed by atoms with Gasteiger partial charge in [0.2, 0.25) is 11.8 Å². The van der Waals surface area contributed by atoms with Crippen molar-refractivity contribution >= 4 is 17.5 Å². The first-order chi connectivity index (χ1) is 12.0. The van der Waals surface area contributed by atoms with Crippen LogP contribution in [-0.2, 0) is 16.0 Å². The third kappa shape index (κ3) is 3.36. The second kappa shape index (κ2) is 6.97. The predicted octanol–water partition coefficient (Wildman–Crippen LogP) is 2.63. The Kier molecular flexibility index (Phi) is 4.74. The molecule has 2 unspecified atom stereocenters. The number of carbonyl (C=O) groups is 2. The Balaban J connectivity index is 1.91. The summed E-state index contributed by atoms with van der Waals surface area (Å²) in [5.74, 6) is 0.0218. The third-order valence-corrected chi connectivity index (χ3v) is 4.69. The minimum atomic E-state index is -0.355. The number of ether oxygens (including phenoxy) is 1. The lowest BCUT2D eigenvalue weighted by molar-refractivity contribution is -0.121. The fourth-order valence-electron chi connectivity index (χ4n) is 3.50. The largest absolute Gasteiger partial charge is 0.497 e. The maximum Gasteiger partial charge on any atom is 0.231 e. The van der Waals surface area contributed by atoms with Crippen molar-refractivity contribution in [2.75, 3.05) is 12.0 Å². The maximum absolute atomic E-state index is 13.0. The lowest BCUT2D eigenvalue weighted by atomic mass is 9.85. The van der Waals surface area contributed by atoms with Gasteiger partial charge in [-0.25, -0.2) is 0 Å². The first kappa shape index (κ1) is 17.0. The lowest BCUT2D eigenvalue weighted by Crippen LogP contribution is -2.45. The van der Waals surface area contributed by atoms with E-state index in [4.69, 9.17) is 10.5 Å². The number of carbonyl (C=O) groups excluding carboxylic acids is 2. The van der Waals surface area contributed by atoms with Gasteiger partial charge in [-0.05, 0) is 42.7 Å². The number of methoxy groups -OCH3 is 1. The van der Waals surface area contributed by atoms with Crippen LogP contribution in [0.2, 0.25) is 0 Å². The molecule has 0 aliphatic carbocycles. The van der Waals surface area contributed by atoms with E-state index in [1.54, 1.807) is 12.0 Å². The first-order valence-corrected chi connectivity index (χ1v) is 8.34. The normalized spacial score (nSPS) is 19.2. The van der Waals surface area contributed by atoms with Gasteiger partial charge in [0.15, 0.2) is 0 Å². The molecule has 2 aromatic rings. The van der Waals surface area contributed by atoms with Gasteiger partial charge in [-0.15, -0.1) is 0 Å². The SMILES string of the molecule is COc1cccc(CC(=O)N2c3ccccc3C(C(N)=O)CC2C)c1. The van der Waals surface area contributed by atoms with E-state index in [0.29, 0.717) is 6.42 Å². The van der Waals surface area contributed by atoms with Gasteiger partial charge >= 0.3 is 0 Å². The minimum absolute atomic E-state index is 0.00359. The summed E-state index contributed by atoms with van der Waals surface area (Å²) in [5, 5.41) is 0. The predicted molar refractivity (Wildman–Crippen MR) is 96.6 cm³/mol. The highest BCUT2D eigenvalue weighted by Gasteiger charge is 2.35. The summed E-state index contributed by atoms with van der Waals surface area (Å²) in [4.78, 5) is 26.6. The fourth-order valence-corrected chi connectivity index (χ4v) is 3.50. The van der Waals surface area contributed by atoms with Gasteiger partial charge in [-0.3, -0.25) is 9.59 Å². The van der Waals surface area contributed by atoms with Crippen molar-refractivity contribution < 1.29 is 14.3 Å². The molecule has 25 heavy (non-hydrogen) atoms. The molecule has 2 aromatic carbocycles. The number of rotatable bonds is 4. The second-order valence-electron chi connectivity index (χ2n) is 6.39. The molecular weight excluding hydrogens is 316 g/mol. The molecule has 2 N–H and O–H groups in total. The van der Waals surface area contributed by atoms with Crippen LogP contribution in [0, 0.1) is 0 Å². The van der Waals surface area contributed by atoms with Gasteiger partial charge in [0.05, 0.1) is 19.4 Å². The molecule has 5 heteroatoms. The average molecular weight is 338 g/mol. The Morgan fingerprint density at radius 3 is 2.68 bits per heavy atom. The van der Waals surface area contributed by atoms with Gasteiger partial charge in [0.25, 0.3) is 0 Å². The zero-order chi connectivity index (χ0) is 18.0. The van der Waals surface area contributed by atoms with Crippen LogP contribution in [0.1, 0.15) is 30.4 Å².